The topological polar surface area (TPSA) is 86.9 Å². The van der Waals surface area contributed by atoms with Crippen LogP contribution in [0.4, 0.5) is 4.39 Å². The smallest absolute Gasteiger partial charge is 0.212 e. The van der Waals surface area contributed by atoms with Crippen LogP contribution in [0.15, 0.2) is 94.9 Å². The van der Waals surface area contributed by atoms with Crippen molar-refractivity contribution in [1.29, 1.82) is 0 Å². The molecule has 0 saturated heterocycles. The minimum atomic E-state index is -0.350. The molecule has 0 fully saturated rings. The molecule has 0 radical (unpaired) electrons. The Morgan fingerprint density at radius 2 is 1.91 bits per heavy atom. The van der Waals surface area contributed by atoms with Crippen LogP contribution in [0.2, 0.25) is 0 Å². The molecule has 0 aliphatic carbocycles. The molecule has 250 valence electrons. The summed E-state index contributed by atoms with van der Waals surface area (Å²) in [6, 6.07) is 5.39. The molecule has 0 amide bonds. The van der Waals surface area contributed by atoms with Gasteiger partial charge in [-0.05, 0) is 100 Å². The lowest BCUT2D eigenvalue weighted by Crippen LogP contribution is -2.33. The lowest BCUT2D eigenvalue weighted by atomic mass is 9.95. The van der Waals surface area contributed by atoms with E-state index in [1.165, 1.54) is 18.5 Å². The number of benzene rings is 1. The number of hydrogen-bond acceptors (Lipinski definition) is 6. The number of rotatable bonds is 20. The number of carbonyl (C=O) groups excluding carboxylic acids is 1. The molecular formula is C37H51ClFN5O2. The first-order valence-electron chi connectivity index (χ1n) is 16.0. The summed E-state index contributed by atoms with van der Waals surface area (Å²) in [5, 5.41) is 7.26. The van der Waals surface area contributed by atoms with E-state index >= 15 is 4.39 Å². The molecule has 46 heavy (non-hydrogen) atoms. The standard InChI is InChI=1S/C37H51ClFN5O2/c1-8-11-14-31(38)17-21-46-20-12-15-32(13-9-2)43(7)41-26-30(25-40)37(45)36-23-29-22-34(39)33(24-35(29)42-36)28(6)16-19-44(18-10-3)27(4)5/h9,11-15,17,22-28,42H,2,8,10,16,18-21,40H2,1,3-7H3/b14-11-,15-12-,30-25-,31-17+,32-13+,41-26-. The number of aromatic amines is 1. The predicted molar refractivity (Wildman–Crippen MR) is 193 cm³/mol. The van der Waals surface area contributed by atoms with Crippen molar-refractivity contribution in [2.24, 2.45) is 10.8 Å². The van der Waals surface area contributed by atoms with E-state index in [1.807, 2.05) is 44.2 Å². The number of halogens is 2. The number of ketones is 1. The van der Waals surface area contributed by atoms with E-state index in [1.54, 1.807) is 36.4 Å². The summed E-state index contributed by atoms with van der Waals surface area (Å²) in [6.45, 7) is 17.1. The molecule has 2 aromatic rings. The first-order chi connectivity index (χ1) is 22.1. The van der Waals surface area contributed by atoms with Gasteiger partial charge in [-0.15, -0.1) is 0 Å². The van der Waals surface area contributed by atoms with Gasteiger partial charge in [-0.3, -0.25) is 9.80 Å². The van der Waals surface area contributed by atoms with E-state index < -0.39 is 0 Å². The van der Waals surface area contributed by atoms with Gasteiger partial charge in [0.1, 0.15) is 5.82 Å². The van der Waals surface area contributed by atoms with Crippen molar-refractivity contribution >= 4 is 34.5 Å². The highest BCUT2D eigenvalue weighted by molar-refractivity contribution is 6.31. The van der Waals surface area contributed by atoms with Crippen LogP contribution in [0.25, 0.3) is 10.9 Å². The maximum absolute atomic E-state index is 15.2. The van der Waals surface area contributed by atoms with Gasteiger partial charge in [-0.1, -0.05) is 57.2 Å². The minimum Gasteiger partial charge on any atom is -0.404 e. The fourth-order valence-electron chi connectivity index (χ4n) is 4.78. The Labute approximate surface area is 279 Å². The van der Waals surface area contributed by atoms with Crippen LogP contribution in [-0.2, 0) is 4.74 Å². The van der Waals surface area contributed by atoms with E-state index in [0.29, 0.717) is 52.1 Å². The second-order valence-electron chi connectivity index (χ2n) is 11.3. The zero-order chi connectivity index (χ0) is 34.1. The van der Waals surface area contributed by atoms with Gasteiger partial charge >= 0.3 is 0 Å². The van der Waals surface area contributed by atoms with E-state index in [2.05, 4.69) is 42.3 Å². The summed E-state index contributed by atoms with van der Waals surface area (Å²) >= 11 is 6.10. The summed E-state index contributed by atoms with van der Waals surface area (Å²) in [6.07, 6.45) is 18.2. The molecule has 0 spiro atoms. The van der Waals surface area contributed by atoms with Gasteiger partial charge in [0.05, 0.1) is 36.4 Å². The van der Waals surface area contributed by atoms with Crippen molar-refractivity contribution in [3.8, 4) is 0 Å². The van der Waals surface area contributed by atoms with Crippen LogP contribution in [0.1, 0.15) is 75.9 Å². The summed E-state index contributed by atoms with van der Waals surface area (Å²) in [7, 11) is 1.75. The third-order valence-corrected chi connectivity index (χ3v) is 7.77. The molecule has 1 aromatic heterocycles. The van der Waals surface area contributed by atoms with E-state index in [4.69, 9.17) is 22.1 Å². The fraction of sp³-hybridized carbons (Fsp3) is 0.405. The van der Waals surface area contributed by atoms with Crippen molar-refractivity contribution in [2.45, 2.75) is 65.8 Å². The van der Waals surface area contributed by atoms with Crippen molar-refractivity contribution in [1.82, 2.24) is 14.9 Å². The van der Waals surface area contributed by atoms with Crippen LogP contribution in [-0.4, -0.2) is 66.3 Å². The molecule has 1 aromatic carbocycles. The number of fused-ring (bicyclic) bond motifs is 1. The molecule has 0 saturated carbocycles. The monoisotopic (exact) mass is 651 g/mol. The van der Waals surface area contributed by atoms with E-state index in [9.17, 15) is 4.79 Å². The number of ether oxygens (including phenoxy) is 1. The highest BCUT2D eigenvalue weighted by Crippen LogP contribution is 2.28. The normalized spacial score (nSPS) is 14.2. The molecule has 1 atom stereocenters. The maximum atomic E-state index is 15.2. The van der Waals surface area contributed by atoms with Gasteiger partial charge in [-0.25, -0.2) is 4.39 Å². The number of hydrogen-bond donors (Lipinski definition) is 2. The lowest BCUT2D eigenvalue weighted by Gasteiger charge is -2.27. The maximum Gasteiger partial charge on any atom is 0.212 e. The number of nitrogens with two attached hydrogens (primary N) is 1. The third-order valence-electron chi connectivity index (χ3n) is 7.49. The SMILES string of the molecule is C=C/C=C(\C=C/COC/C=C(Cl)\C=C/CC)N(C)/N=C\C(=C\N)C(=O)c1cc2cc(F)c(C(C)CCN(CCC)C(C)C)cc2[nH]1. The third kappa shape index (κ3) is 12.2. The number of Topliss-reactive ketones (excluding diaryl/α,β-unsaturated/α-hetero) is 1. The molecule has 1 heterocycles. The molecule has 7 nitrogen and oxygen atoms in total. The predicted octanol–water partition coefficient (Wildman–Crippen LogP) is 8.60. The average Bonchev–Trinajstić information content (AvgIpc) is 3.45. The highest BCUT2D eigenvalue weighted by atomic mass is 35.5. The van der Waals surface area contributed by atoms with E-state index in [-0.39, 0.29) is 23.1 Å². The second-order valence-corrected chi connectivity index (χ2v) is 11.8. The van der Waals surface area contributed by atoms with Gasteiger partial charge in [0, 0.05) is 35.2 Å². The molecule has 0 aliphatic rings. The van der Waals surface area contributed by atoms with Crippen LogP contribution in [0.5, 0.6) is 0 Å². The van der Waals surface area contributed by atoms with Crippen LogP contribution < -0.4 is 5.73 Å². The van der Waals surface area contributed by atoms with Gasteiger partial charge in [0.2, 0.25) is 5.78 Å². The average molecular weight is 652 g/mol. The number of hydrazone groups is 1. The van der Waals surface area contributed by atoms with Crippen molar-refractivity contribution < 1.29 is 13.9 Å². The summed E-state index contributed by atoms with van der Waals surface area (Å²) in [5.74, 6) is -0.600. The Morgan fingerprint density at radius 3 is 2.57 bits per heavy atom. The van der Waals surface area contributed by atoms with Gasteiger partial charge < -0.3 is 20.4 Å². The Bertz CT molecular complexity index is 1470. The number of carbonyl (C=O) groups is 1. The van der Waals surface area contributed by atoms with Crippen LogP contribution in [0, 0.1) is 5.82 Å². The van der Waals surface area contributed by atoms with Gasteiger partial charge in [0.25, 0.3) is 0 Å². The minimum absolute atomic E-state index is 0.0221. The summed E-state index contributed by atoms with van der Waals surface area (Å²) < 4.78 is 20.8. The van der Waals surface area contributed by atoms with Crippen molar-refractivity contribution in [2.75, 3.05) is 33.4 Å². The molecule has 0 bridgehead atoms. The number of H-pyrrole nitrogens is 1. The number of aromatic nitrogens is 1. The number of allylic oxidation sites excluding steroid dienone is 7. The molecular weight excluding hydrogens is 601 g/mol. The fourth-order valence-corrected chi connectivity index (χ4v) is 4.93. The van der Waals surface area contributed by atoms with Crippen LogP contribution in [0.3, 0.4) is 0 Å². The molecule has 2 rings (SSSR count). The molecule has 1 unspecified atom stereocenters. The van der Waals surface area contributed by atoms with Gasteiger partial charge in [0.15, 0.2) is 0 Å². The largest absolute Gasteiger partial charge is 0.404 e. The molecule has 3 N–H and O–H groups in total. The van der Waals surface area contributed by atoms with Crippen molar-refractivity contribution in [3.05, 3.63) is 107 Å². The molecule has 0 aliphatic heterocycles. The second kappa shape index (κ2) is 20.4. The number of nitrogens with zero attached hydrogens (tertiary/aromatic N) is 3. The van der Waals surface area contributed by atoms with Gasteiger partial charge in [-0.2, -0.15) is 5.10 Å². The zero-order valence-corrected chi connectivity index (χ0v) is 29.0. The summed E-state index contributed by atoms with van der Waals surface area (Å²) in [4.78, 5) is 19.0. The number of likely N-dealkylation sites (N-methyl/N-ethyl adjacent to an activating group) is 1. The zero-order valence-electron chi connectivity index (χ0n) is 28.2. The first-order valence-corrected chi connectivity index (χ1v) is 16.3. The first kappa shape index (κ1) is 38.5. The lowest BCUT2D eigenvalue weighted by molar-refractivity contribution is 0.103. The quantitative estimate of drug-likeness (QED) is 0.0374. The van der Waals surface area contributed by atoms with Crippen molar-refractivity contribution in [3.63, 3.8) is 0 Å². The van der Waals surface area contributed by atoms with E-state index in [0.717, 1.165) is 32.4 Å². The molecule has 9 heteroatoms. The van der Waals surface area contributed by atoms with Crippen LogP contribution >= 0.6 is 11.6 Å². The Balaban J connectivity index is 2.11. The Morgan fingerprint density at radius 1 is 1.15 bits per heavy atom. The number of nitrogens with one attached hydrogen (secondary N) is 1. The summed E-state index contributed by atoms with van der Waals surface area (Å²) in [5.41, 5.74) is 8.37. The highest BCUT2D eigenvalue weighted by Gasteiger charge is 2.19. The Hall–Kier alpha value is -3.72. The Kier molecular flexibility index (Phi) is 17.1.